The van der Waals surface area contributed by atoms with Crippen LogP contribution in [0.25, 0.3) is 16.7 Å². The summed E-state index contributed by atoms with van der Waals surface area (Å²) in [7, 11) is 1.55. The molecule has 3 amide bonds. The van der Waals surface area contributed by atoms with E-state index in [1.807, 2.05) is 0 Å². The lowest BCUT2D eigenvalue weighted by Crippen LogP contribution is -2.39. The number of H-pyrrole nitrogens is 1. The summed E-state index contributed by atoms with van der Waals surface area (Å²) in [6.07, 6.45) is 1.21. The number of amides is 3. The first kappa shape index (κ1) is 26.6. The number of carbonyl (C=O) groups is 4. The number of fused-ring (bicyclic) bond motifs is 2. The molecular formula is C26H21N7O8. The third-order valence-electron chi connectivity index (χ3n) is 6.33. The fraction of sp³-hybridized carbons (Fsp3) is 0.115. The first-order chi connectivity index (χ1) is 19.5. The highest BCUT2D eigenvalue weighted by Crippen LogP contribution is 2.17. The number of primary amides is 1. The van der Waals surface area contributed by atoms with Gasteiger partial charge in [-0.2, -0.15) is 0 Å². The van der Waals surface area contributed by atoms with Gasteiger partial charge >= 0.3 is 17.4 Å². The molecular weight excluding hydrogens is 538 g/mol. The van der Waals surface area contributed by atoms with E-state index in [1.54, 1.807) is 25.2 Å². The van der Waals surface area contributed by atoms with E-state index >= 15 is 0 Å². The number of carboxylic acids is 1. The minimum Gasteiger partial charge on any atom is -0.478 e. The number of rotatable bonds is 8. The molecule has 0 aliphatic heterocycles. The van der Waals surface area contributed by atoms with Gasteiger partial charge in [-0.15, -0.1) is 0 Å². The Labute approximate surface area is 228 Å². The molecule has 3 heterocycles. The summed E-state index contributed by atoms with van der Waals surface area (Å²) in [6.45, 7) is 0.0402. The van der Waals surface area contributed by atoms with Gasteiger partial charge in [0.25, 0.3) is 11.8 Å². The van der Waals surface area contributed by atoms with Gasteiger partial charge in [-0.1, -0.05) is 18.2 Å². The van der Waals surface area contributed by atoms with Crippen molar-refractivity contribution in [3.05, 3.63) is 104 Å². The fourth-order valence-electron chi connectivity index (χ4n) is 4.20. The van der Waals surface area contributed by atoms with Crippen LogP contribution in [0.3, 0.4) is 0 Å². The zero-order chi connectivity index (χ0) is 29.4. The van der Waals surface area contributed by atoms with Gasteiger partial charge < -0.3 is 30.9 Å². The molecule has 1 atom stereocenters. The molecule has 3 aromatic heterocycles. The van der Waals surface area contributed by atoms with E-state index in [0.29, 0.717) is 16.7 Å². The maximum absolute atomic E-state index is 13.3. The largest absolute Gasteiger partial charge is 0.478 e. The number of hydrogen-bond donors (Lipinski definition) is 5. The molecule has 0 aliphatic rings. The summed E-state index contributed by atoms with van der Waals surface area (Å²) in [5, 5.41) is 14.2. The van der Waals surface area contributed by atoms with Crippen molar-refractivity contribution in [2.75, 3.05) is 0 Å². The second kappa shape index (κ2) is 10.3. The van der Waals surface area contributed by atoms with Crippen molar-refractivity contribution in [2.24, 2.45) is 12.8 Å². The highest BCUT2D eigenvalue weighted by molar-refractivity contribution is 6.00. The molecule has 0 spiro atoms. The second-order valence-electron chi connectivity index (χ2n) is 8.96. The second-order valence-corrected chi connectivity index (χ2v) is 8.96. The van der Waals surface area contributed by atoms with Gasteiger partial charge in [-0.05, 0) is 41.5 Å². The smallest absolute Gasteiger partial charge is 0.419 e. The van der Waals surface area contributed by atoms with Gasteiger partial charge in [-0.25, -0.2) is 23.8 Å². The number of aromatic carboxylic acids is 1. The Balaban J connectivity index is 1.42. The molecule has 0 bridgehead atoms. The Kier molecular flexibility index (Phi) is 6.68. The van der Waals surface area contributed by atoms with E-state index < -0.39 is 41.2 Å². The number of carboxylic acid groups (broad SMARTS) is 1. The van der Waals surface area contributed by atoms with Crippen molar-refractivity contribution < 1.29 is 28.7 Å². The predicted octanol–water partition coefficient (Wildman–Crippen LogP) is 0.0521. The van der Waals surface area contributed by atoms with Gasteiger partial charge in [0.2, 0.25) is 5.91 Å². The maximum Gasteiger partial charge on any atom is 0.419 e. The Morgan fingerprint density at radius 2 is 1.80 bits per heavy atom. The number of aryl methyl sites for hydroxylation is 1. The Bertz CT molecular complexity index is 1980. The first-order valence-corrected chi connectivity index (χ1v) is 11.9. The normalized spacial score (nSPS) is 11.8. The number of nitrogens with one attached hydrogen (secondary N) is 3. The SMILES string of the molecule is Cn1c(=O)oc2ccc(CNC(=O)c3cc(C(=O)N[C@@H](C(N)=O)c4ccc(C(=O)O)cc4)n4c(=O)[nH]cc4n3)cc21. The predicted molar refractivity (Wildman–Crippen MR) is 141 cm³/mol. The van der Waals surface area contributed by atoms with E-state index in [1.165, 1.54) is 35.0 Å². The van der Waals surface area contributed by atoms with Crippen molar-refractivity contribution in [2.45, 2.75) is 12.6 Å². The zero-order valence-corrected chi connectivity index (χ0v) is 21.2. The standard InChI is InChI=1S/C26H21N7O8/c1-32-16-8-12(2-7-18(16)41-26(32)40)10-28-22(35)15-9-17(33-19(30-15)11-29-25(33)39)23(36)31-20(21(27)34)13-3-5-14(6-4-13)24(37)38/h2-9,11,20H,10H2,1H3,(H2,27,34)(H,28,35)(H,29,39)(H,31,36)(H,37,38)/t20-/m1/s1. The highest BCUT2D eigenvalue weighted by atomic mass is 16.4. The van der Waals surface area contributed by atoms with E-state index in [0.717, 1.165) is 10.5 Å². The molecule has 0 saturated heterocycles. The number of oxazole rings is 1. The molecule has 0 unspecified atom stereocenters. The molecule has 15 nitrogen and oxygen atoms in total. The number of nitrogens with two attached hydrogens (primary N) is 1. The lowest BCUT2D eigenvalue weighted by molar-refractivity contribution is -0.120. The number of benzene rings is 2. The van der Waals surface area contributed by atoms with Crippen LogP contribution in [0, 0.1) is 0 Å². The first-order valence-electron chi connectivity index (χ1n) is 11.9. The average molecular weight is 559 g/mol. The van der Waals surface area contributed by atoms with Crippen LogP contribution < -0.4 is 27.8 Å². The summed E-state index contributed by atoms with van der Waals surface area (Å²) in [4.78, 5) is 80.3. The van der Waals surface area contributed by atoms with Gasteiger partial charge in [0.15, 0.2) is 11.2 Å². The Hall–Kier alpha value is -5.99. The summed E-state index contributed by atoms with van der Waals surface area (Å²) in [5.74, 6) is -4.25. The van der Waals surface area contributed by atoms with Crippen molar-refractivity contribution in [3.63, 3.8) is 0 Å². The van der Waals surface area contributed by atoms with Crippen LogP contribution in [-0.2, 0) is 18.4 Å². The van der Waals surface area contributed by atoms with Crippen LogP contribution in [0.15, 0.2) is 68.7 Å². The van der Waals surface area contributed by atoms with Gasteiger partial charge in [-0.3, -0.25) is 19.0 Å². The van der Waals surface area contributed by atoms with Crippen molar-refractivity contribution in [1.29, 1.82) is 0 Å². The van der Waals surface area contributed by atoms with E-state index in [2.05, 4.69) is 20.6 Å². The summed E-state index contributed by atoms with van der Waals surface area (Å²) in [5.41, 5.74) is 5.96. The molecule has 15 heteroatoms. The van der Waals surface area contributed by atoms with Crippen LogP contribution in [0.1, 0.15) is 48.5 Å². The lowest BCUT2D eigenvalue weighted by Gasteiger charge is -2.17. The average Bonchev–Trinajstić information content (AvgIpc) is 3.47. The molecule has 5 aromatic rings. The third-order valence-corrected chi connectivity index (χ3v) is 6.33. The minimum atomic E-state index is -1.38. The number of nitrogens with zero attached hydrogens (tertiary/aromatic N) is 3. The molecule has 208 valence electrons. The zero-order valence-electron chi connectivity index (χ0n) is 21.2. The highest BCUT2D eigenvalue weighted by Gasteiger charge is 2.25. The summed E-state index contributed by atoms with van der Waals surface area (Å²) in [6, 6.07) is 9.77. The quantitative estimate of drug-likeness (QED) is 0.173. The number of aromatic nitrogens is 4. The molecule has 0 saturated carbocycles. The molecule has 0 aliphatic carbocycles. The monoisotopic (exact) mass is 559 g/mol. The van der Waals surface area contributed by atoms with Crippen LogP contribution in [0.2, 0.25) is 0 Å². The van der Waals surface area contributed by atoms with Crippen LogP contribution in [0.4, 0.5) is 0 Å². The minimum absolute atomic E-state index is 0.0379. The van der Waals surface area contributed by atoms with E-state index in [4.69, 9.17) is 15.3 Å². The topological polar surface area (TPSA) is 224 Å². The summed E-state index contributed by atoms with van der Waals surface area (Å²) >= 11 is 0. The van der Waals surface area contributed by atoms with Gasteiger partial charge in [0.1, 0.15) is 17.4 Å². The number of imidazole rings is 1. The molecule has 41 heavy (non-hydrogen) atoms. The molecule has 5 rings (SSSR count). The molecule has 0 fully saturated rings. The third kappa shape index (κ3) is 5.06. The van der Waals surface area contributed by atoms with Crippen LogP contribution in [-0.4, -0.2) is 47.7 Å². The fourth-order valence-corrected chi connectivity index (χ4v) is 4.20. The number of aromatic amines is 1. The van der Waals surface area contributed by atoms with Crippen molar-refractivity contribution in [1.82, 2.24) is 29.6 Å². The number of carbonyl (C=O) groups excluding carboxylic acids is 3. The molecule has 6 N–H and O–H groups in total. The molecule has 2 aromatic carbocycles. The van der Waals surface area contributed by atoms with E-state index in [9.17, 15) is 28.8 Å². The maximum atomic E-state index is 13.3. The van der Waals surface area contributed by atoms with Crippen molar-refractivity contribution >= 4 is 40.4 Å². The summed E-state index contributed by atoms with van der Waals surface area (Å²) < 4.78 is 7.35. The van der Waals surface area contributed by atoms with Crippen LogP contribution >= 0.6 is 0 Å². The molecule has 0 radical (unpaired) electrons. The van der Waals surface area contributed by atoms with E-state index in [-0.39, 0.29) is 34.7 Å². The van der Waals surface area contributed by atoms with Crippen molar-refractivity contribution in [3.8, 4) is 0 Å². The Morgan fingerprint density at radius 3 is 2.49 bits per heavy atom. The Morgan fingerprint density at radius 1 is 1.07 bits per heavy atom. The van der Waals surface area contributed by atoms with Gasteiger partial charge in [0.05, 0.1) is 11.1 Å². The van der Waals surface area contributed by atoms with Gasteiger partial charge in [0, 0.05) is 19.8 Å². The number of hydrogen-bond acceptors (Lipinski definition) is 8. The lowest BCUT2D eigenvalue weighted by atomic mass is 10.0. The van der Waals surface area contributed by atoms with Crippen LogP contribution in [0.5, 0.6) is 0 Å².